The zero-order valence-electron chi connectivity index (χ0n) is 12.3. The van der Waals surface area contributed by atoms with Gasteiger partial charge >= 0.3 is 6.18 Å². The van der Waals surface area contributed by atoms with Crippen LogP contribution in [0.4, 0.5) is 17.6 Å². The lowest BCUT2D eigenvalue weighted by Gasteiger charge is -2.07. The van der Waals surface area contributed by atoms with E-state index in [0.717, 1.165) is 16.9 Å². The maximum Gasteiger partial charge on any atom is 0.435 e. The second kappa shape index (κ2) is 5.91. The molecule has 24 heavy (non-hydrogen) atoms. The fourth-order valence-corrected chi connectivity index (χ4v) is 1.97. The van der Waals surface area contributed by atoms with Crippen LogP contribution in [0.2, 0.25) is 0 Å². The van der Waals surface area contributed by atoms with Crippen LogP contribution in [0.1, 0.15) is 5.69 Å². The van der Waals surface area contributed by atoms with Gasteiger partial charge in [-0.2, -0.15) is 23.3 Å². The summed E-state index contributed by atoms with van der Waals surface area (Å²) in [6, 6.07) is 7.79. The summed E-state index contributed by atoms with van der Waals surface area (Å²) in [5, 5.41) is 3.43. The van der Waals surface area contributed by atoms with Crippen molar-refractivity contribution in [2.24, 2.45) is 0 Å². The van der Waals surface area contributed by atoms with Crippen LogP contribution in [0.15, 0.2) is 42.6 Å². The number of methoxy groups -OCH3 is 1. The monoisotopic (exact) mass is 338 g/mol. The van der Waals surface area contributed by atoms with Gasteiger partial charge in [0.15, 0.2) is 5.69 Å². The van der Waals surface area contributed by atoms with Gasteiger partial charge in [0.05, 0.1) is 12.8 Å². The highest BCUT2D eigenvalue weighted by Crippen LogP contribution is 2.28. The summed E-state index contributed by atoms with van der Waals surface area (Å²) < 4.78 is 57.0. The Morgan fingerprint density at radius 1 is 1.04 bits per heavy atom. The van der Waals surface area contributed by atoms with Gasteiger partial charge in [0.1, 0.15) is 5.82 Å². The third-order valence-electron chi connectivity index (χ3n) is 3.12. The molecular weight excluding hydrogens is 328 g/mol. The quantitative estimate of drug-likeness (QED) is 0.686. The fourth-order valence-electron chi connectivity index (χ4n) is 1.97. The van der Waals surface area contributed by atoms with Crippen molar-refractivity contribution in [3.63, 3.8) is 0 Å². The normalized spacial score (nSPS) is 11.5. The first-order valence-corrected chi connectivity index (χ1v) is 6.69. The summed E-state index contributed by atoms with van der Waals surface area (Å²) in [6.45, 7) is 0. The molecule has 2 aromatic heterocycles. The van der Waals surface area contributed by atoms with Crippen LogP contribution in [0.3, 0.4) is 0 Å². The zero-order chi connectivity index (χ0) is 17.3. The number of ether oxygens (including phenoxy) is 1. The molecule has 3 aromatic rings. The molecule has 2 heterocycles. The lowest BCUT2D eigenvalue weighted by Crippen LogP contribution is -2.09. The van der Waals surface area contributed by atoms with Crippen LogP contribution in [0, 0.1) is 5.82 Å². The highest BCUT2D eigenvalue weighted by molar-refractivity contribution is 5.60. The van der Waals surface area contributed by atoms with E-state index in [-0.39, 0.29) is 11.8 Å². The Balaban J connectivity index is 2.07. The highest BCUT2D eigenvalue weighted by atomic mass is 19.4. The average molecular weight is 338 g/mol. The Labute approximate surface area is 133 Å². The molecular formula is C15H10F4N4O. The molecule has 0 spiro atoms. The second-order valence-electron chi connectivity index (χ2n) is 4.75. The number of halogens is 4. The van der Waals surface area contributed by atoms with Crippen LogP contribution in [-0.2, 0) is 6.18 Å². The maximum absolute atomic E-state index is 13.0. The molecule has 0 radical (unpaired) electrons. The summed E-state index contributed by atoms with van der Waals surface area (Å²) in [6.07, 6.45) is -3.46. The number of nitrogens with zero attached hydrogens (tertiary/aromatic N) is 4. The summed E-state index contributed by atoms with van der Waals surface area (Å²) in [4.78, 5) is 8.15. The molecule has 1 aromatic carbocycles. The third kappa shape index (κ3) is 3.19. The van der Waals surface area contributed by atoms with Crippen molar-refractivity contribution in [3.05, 3.63) is 54.1 Å². The first kappa shape index (κ1) is 15.9. The largest absolute Gasteiger partial charge is 0.481 e. The predicted octanol–water partition coefficient (Wildman–Crippen LogP) is 3.50. The Hall–Kier alpha value is -2.97. The van der Waals surface area contributed by atoms with Crippen molar-refractivity contribution < 1.29 is 22.3 Å². The molecule has 124 valence electrons. The molecule has 0 saturated heterocycles. The maximum atomic E-state index is 13.0. The minimum absolute atomic E-state index is 0.0934. The van der Waals surface area contributed by atoms with E-state index in [2.05, 4.69) is 15.1 Å². The summed E-state index contributed by atoms with van der Waals surface area (Å²) in [5.74, 6) is -0.366. The van der Waals surface area contributed by atoms with E-state index in [4.69, 9.17) is 4.74 Å². The highest BCUT2D eigenvalue weighted by Gasteiger charge is 2.33. The van der Waals surface area contributed by atoms with E-state index in [1.807, 2.05) is 0 Å². The summed E-state index contributed by atoms with van der Waals surface area (Å²) >= 11 is 0. The Bertz CT molecular complexity index is 859. The summed E-state index contributed by atoms with van der Waals surface area (Å²) in [5.41, 5.74) is -0.139. The Morgan fingerprint density at radius 2 is 1.75 bits per heavy atom. The molecule has 0 atom stereocenters. The minimum atomic E-state index is -4.57. The van der Waals surface area contributed by atoms with Crippen LogP contribution in [-0.4, -0.2) is 26.9 Å². The second-order valence-corrected chi connectivity index (χ2v) is 4.75. The van der Waals surface area contributed by atoms with Gasteiger partial charge in [-0.25, -0.2) is 14.1 Å². The summed E-state index contributed by atoms with van der Waals surface area (Å²) in [7, 11) is 1.37. The zero-order valence-corrected chi connectivity index (χ0v) is 12.3. The number of alkyl halides is 3. The topological polar surface area (TPSA) is 52.8 Å². The molecule has 0 saturated carbocycles. The van der Waals surface area contributed by atoms with Crippen molar-refractivity contribution in [1.29, 1.82) is 0 Å². The number of benzene rings is 1. The fraction of sp³-hybridized carbons (Fsp3) is 0.133. The SMILES string of the molecule is COc1cc(-c2ccc(F)cc2)nc(-n2ccc(C(F)(F)F)n2)n1. The Morgan fingerprint density at radius 3 is 2.33 bits per heavy atom. The number of aromatic nitrogens is 4. The van der Waals surface area contributed by atoms with E-state index in [0.29, 0.717) is 11.3 Å². The molecule has 0 fully saturated rings. The average Bonchev–Trinajstić information content (AvgIpc) is 3.05. The molecule has 0 unspecified atom stereocenters. The predicted molar refractivity (Wildman–Crippen MR) is 76.1 cm³/mol. The molecule has 0 aliphatic carbocycles. The van der Waals surface area contributed by atoms with Gasteiger partial charge in [0, 0.05) is 17.8 Å². The van der Waals surface area contributed by atoms with Gasteiger partial charge in [0.25, 0.3) is 5.95 Å². The standard InChI is InChI=1S/C15H10F4N4O/c1-24-13-8-11(9-2-4-10(16)5-3-9)20-14(21-13)23-7-6-12(22-23)15(17,18)19/h2-8H,1H3. The van der Waals surface area contributed by atoms with Crippen molar-refractivity contribution in [2.45, 2.75) is 6.18 Å². The van der Waals surface area contributed by atoms with E-state index in [1.54, 1.807) is 0 Å². The minimum Gasteiger partial charge on any atom is -0.481 e. The van der Waals surface area contributed by atoms with Crippen molar-refractivity contribution >= 4 is 0 Å². The van der Waals surface area contributed by atoms with Crippen molar-refractivity contribution in [1.82, 2.24) is 19.7 Å². The molecule has 0 amide bonds. The van der Waals surface area contributed by atoms with Crippen LogP contribution in [0.25, 0.3) is 17.2 Å². The van der Waals surface area contributed by atoms with E-state index >= 15 is 0 Å². The van der Waals surface area contributed by atoms with E-state index in [9.17, 15) is 17.6 Å². The first-order chi connectivity index (χ1) is 11.4. The van der Waals surface area contributed by atoms with Gasteiger partial charge in [-0.1, -0.05) is 0 Å². The number of rotatable bonds is 3. The van der Waals surface area contributed by atoms with Gasteiger partial charge in [0.2, 0.25) is 5.88 Å². The number of hydrogen-bond donors (Lipinski definition) is 0. The van der Waals surface area contributed by atoms with Crippen molar-refractivity contribution in [2.75, 3.05) is 7.11 Å². The van der Waals surface area contributed by atoms with Crippen LogP contribution in [0.5, 0.6) is 5.88 Å². The number of hydrogen-bond acceptors (Lipinski definition) is 4. The molecule has 9 heteroatoms. The Kier molecular flexibility index (Phi) is 3.92. The molecule has 3 rings (SSSR count). The molecule has 5 nitrogen and oxygen atoms in total. The van der Waals surface area contributed by atoms with Gasteiger partial charge in [-0.05, 0) is 30.3 Å². The molecule has 0 bridgehead atoms. The first-order valence-electron chi connectivity index (χ1n) is 6.69. The lowest BCUT2D eigenvalue weighted by atomic mass is 10.1. The van der Waals surface area contributed by atoms with E-state index < -0.39 is 17.7 Å². The van der Waals surface area contributed by atoms with Crippen LogP contribution >= 0.6 is 0 Å². The van der Waals surface area contributed by atoms with E-state index in [1.165, 1.54) is 37.4 Å². The van der Waals surface area contributed by atoms with Crippen molar-refractivity contribution in [3.8, 4) is 23.1 Å². The molecule has 0 aliphatic heterocycles. The van der Waals surface area contributed by atoms with Gasteiger partial charge < -0.3 is 4.74 Å². The smallest absolute Gasteiger partial charge is 0.435 e. The lowest BCUT2D eigenvalue weighted by molar-refractivity contribution is -0.141. The molecule has 0 aliphatic rings. The van der Waals surface area contributed by atoms with Gasteiger partial charge in [-0.3, -0.25) is 0 Å². The van der Waals surface area contributed by atoms with Crippen LogP contribution < -0.4 is 4.74 Å². The third-order valence-corrected chi connectivity index (χ3v) is 3.12. The van der Waals surface area contributed by atoms with Gasteiger partial charge in [-0.15, -0.1) is 0 Å². The molecule has 0 N–H and O–H groups in total.